The topological polar surface area (TPSA) is 102 Å². The average molecular weight is 415 g/mol. The quantitative estimate of drug-likeness (QED) is 0.326. The van der Waals surface area contributed by atoms with Gasteiger partial charge in [0, 0.05) is 25.9 Å². The van der Waals surface area contributed by atoms with Gasteiger partial charge in [0.1, 0.15) is 6.04 Å². The number of nitrogens with zero attached hydrogens (tertiary/aromatic N) is 1. The first kappa shape index (κ1) is 26.9. The van der Waals surface area contributed by atoms with Gasteiger partial charge >= 0.3 is 11.9 Å². The number of hydrogen-bond acceptors (Lipinski definition) is 6. The lowest BCUT2D eigenvalue weighted by atomic mass is 10.0. The summed E-state index contributed by atoms with van der Waals surface area (Å²) in [5.41, 5.74) is 0. The molecule has 0 aliphatic rings. The molecule has 0 heterocycles. The van der Waals surface area contributed by atoms with Gasteiger partial charge < -0.3 is 19.7 Å². The van der Waals surface area contributed by atoms with Crippen LogP contribution in [0.1, 0.15) is 72.1 Å². The number of esters is 2. The van der Waals surface area contributed by atoms with Gasteiger partial charge in [-0.2, -0.15) is 0 Å². The van der Waals surface area contributed by atoms with Crippen LogP contribution in [0.4, 0.5) is 0 Å². The van der Waals surface area contributed by atoms with Crippen LogP contribution in [0.5, 0.6) is 0 Å². The molecule has 0 bridgehead atoms. The Morgan fingerprint density at radius 1 is 0.897 bits per heavy atom. The number of ether oxygens (including phenoxy) is 2. The van der Waals surface area contributed by atoms with Crippen molar-refractivity contribution in [3.05, 3.63) is 0 Å². The monoisotopic (exact) mass is 414 g/mol. The van der Waals surface area contributed by atoms with Crippen molar-refractivity contribution in [3.63, 3.8) is 0 Å². The van der Waals surface area contributed by atoms with Crippen molar-refractivity contribution < 1.29 is 28.7 Å². The van der Waals surface area contributed by atoms with Crippen molar-refractivity contribution in [2.75, 3.05) is 27.3 Å². The van der Waals surface area contributed by atoms with Gasteiger partial charge in [0.25, 0.3) is 0 Å². The number of amides is 2. The standard InChI is InChI=1S/C21H38N2O6/c1-6-10-18(24)23(14-12-20(26)29-5)17(15-16(2)3)21(27)22-13-9-7-8-11-19(25)28-4/h16-17H,6-15H2,1-5H3,(H,22,27). The van der Waals surface area contributed by atoms with Crippen molar-refractivity contribution in [3.8, 4) is 0 Å². The van der Waals surface area contributed by atoms with E-state index in [0.29, 0.717) is 38.6 Å². The van der Waals surface area contributed by atoms with E-state index in [0.717, 1.165) is 12.8 Å². The molecule has 0 saturated carbocycles. The molecule has 1 atom stereocenters. The molecule has 0 saturated heterocycles. The largest absolute Gasteiger partial charge is 0.469 e. The Morgan fingerprint density at radius 2 is 1.52 bits per heavy atom. The molecular formula is C21H38N2O6. The van der Waals surface area contributed by atoms with Gasteiger partial charge in [-0.3, -0.25) is 19.2 Å². The highest BCUT2D eigenvalue weighted by atomic mass is 16.5. The maximum atomic E-state index is 12.8. The Labute approximate surface area is 174 Å². The number of nitrogens with one attached hydrogen (secondary N) is 1. The third-order valence-electron chi connectivity index (χ3n) is 4.53. The summed E-state index contributed by atoms with van der Waals surface area (Å²) < 4.78 is 9.28. The summed E-state index contributed by atoms with van der Waals surface area (Å²) in [4.78, 5) is 49.7. The minimum atomic E-state index is -0.617. The molecule has 29 heavy (non-hydrogen) atoms. The van der Waals surface area contributed by atoms with Crippen LogP contribution in [0, 0.1) is 5.92 Å². The zero-order valence-electron chi connectivity index (χ0n) is 18.6. The second kappa shape index (κ2) is 15.8. The molecule has 1 unspecified atom stereocenters. The van der Waals surface area contributed by atoms with E-state index in [1.54, 1.807) is 0 Å². The molecule has 0 spiro atoms. The summed E-state index contributed by atoms with van der Waals surface area (Å²) in [5, 5.41) is 2.90. The zero-order valence-corrected chi connectivity index (χ0v) is 18.6. The van der Waals surface area contributed by atoms with E-state index in [-0.39, 0.29) is 36.7 Å². The second-order valence-electron chi connectivity index (χ2n) is 7.49. The molecule has 168 valence electrons. The molecule has 0 rings (SSSR count). The maximum absolute atomic E-state index is 12.8. The zero-order chi connectivity index (χ0) is 22.2. The van der Waals surface area contributed by atoms with Crippen LogP contribution in [-0.4, -0.2) is 62.0 Å². The third-order valence-corrected chi connectivity index (χ3v) is 4.53. The maximum Gasteiger partial charge on any atom is 0.307 e. The molecule has 0 aromatic rings. The van der Waals surface area contributed by atoms with E-state index >= 15 is 0 Å². The predicted molar refractivity (Wildman–Crippen MR) is 110 cm³/mol. The van der Waals surface area contributed by atoms with Gasteiger partial charge in [0.2, 0.25) is 11.8 Å². The van der Waals surface area contributed by atoms with Crippen molar-refractivity contribution in [1.82, 2.24) is 10.2 Å². The minimum absolute atomic E-state index is 0.0569. The van der Waals surface area contributed by atoms with Crippen LogP contribution < -0.4 is 5.32 Å². The van der Waals surface area contributed by atoms with Gasteiger partial charge in [-0.15, -0.1) is 0 Å². The molecule has 0 aliphatic heterocycles. The van der Waals surface area contributed by atoms with E-state index in [4.69, 9.17) is 0 Å². The van der Waals surface area contributed by atoms with Crippen molar-refractivity contribution in [2.24, 2.45) is 5.92 Å². The molecule has 8 nitrogen and oxygen atoms in total. The van der Waals surface area contributed by atoms with Crippen LogP contribution in [-0.2, 0) is 28.7 Å². The van der Waals surface area contributed by atoms with E-state index in [2.05, 4.69) is 14.8 Å². The highest BCUT2D eigenvalue weighted by Crippen LogP contribution is 2.15. The fraction of sp³-hybridized carbons (Fsp3) is 0.810. The Hall–Kier alpha value is -2.12. The van der Waals surface area contributed by atoms with E-state index in [1.165, 1.54) is 19.1 Å². The summed E-state index contributed by atoms with van der Waals surface area (Å²) in [6.45, 7) is 6.53. The molecule has 8 heteroatoms. The van der Waals surface area contributed by atoms with Gasteiger partial charge in [0.15, 0.2) is 0 Å². The van der Waals surface area contributed by atoms with Crippen molar-refractivity contribution in [1.29, 1.82) is 0 Å². The first-order valence-corrected chi connectivity index (χ1v) is 10.5. The summed E-state index contributed by atoms with van der Waals surface area (Å²) >= 11 is 0. The fourth-order valence-corrected chi connectivity index (χ4v) is 2.95. The SMILES string of the molecule is CCCC(=O)N(CCC(=O)OC)C(CC(C)C)C(=O)NCCCCCC(=O)OC. The number of carbonyl (C=O) groups is 4. The van der Waals surface area contributed by atoms with Crippen molar-refractivity contribution in [2.45, 2.75) is 78.2 Å². The molecule has 1 N–H and O–H groups in total. The Bertz CT molecular complexity index is 521. The number of methoxy groups -OCH3 is 2. The number of hydrogen-bond donors (Lipinski definition) is 1. The van der Waals surface area contributed by atoms with Gasteiger partial charge in [-0.1, -0.05) is 27.2 Å². The van der Waals surface area contributed by atoms with Gasteiger partial charge in [-0.25, -0.2) is 0 Å². The first-order chi connectivity index (χ1) is 13.8. The molecule has 2 amide bonds. The molecule has 0 radical (unpaired) electrons. The number of carbonyl (C=O) groups excluding carboxylic acids is 4. The van der Waals surface area contributed by atoms with Crippen molar-refractivity contribution >= 4 is 23.8 Å². The second-order valence-corrected chi connectivity index (χ2v) is 7.49. The summed E-state index contributed by atoms with van der Waals surface area (Å²) in [5.74, 6) is -0.771. The normalized spacial score (nSPS) is 11.7. The highest BCUT2D eigenvalue weighted by Gasteiger charge is 2.30. The Kier molecular flexibility index (Phi) is 14.6. The third kappa shape index (κ3) is 12.1. The lowest BCUT2D eigenvalue weighted by Crippen LogP contribution is -2.51. The molecular weight excluding hydrogens is 376 g/mol. The summed E-state index contributed by atoms with van der Waals surface area (Å²) in [6, 6.07) is -0.617. The predicted octanol–water partition coefficient (Wildman–Crippen LogP) is 2.44. The number of unbranched alkanes of at least 4 members (excludes halogenated alkanes) is 2. The van der Waals surface area contributed by atoms with Crippen LogP contribution in [0.2, 0.25) is 0 Å². The van der Waals surface area contributed by atoms with Crippen LogP contribution in [0.15, 0.2) is 0 Å². The fourth-order valence-electron chi connectivity index (χ4n) is 2.95. The van der Waals surface area contributed by atoms with E-state index in [9.17, 15) is 19.2 Å². The average Bonchev–Trinajstić information content (AvgIpc) is 2.68. The highest BCUT2D eigenvalue weighted by molar-refractivity contribution is 5.88. The molecule has 0 aromatic heterocycles. The van der Waals surface area contributed by atoms with E-state index < -0.39 is 12.0 Å². The number of rotatable bonds is 15. The molecule has 0 aliphatic carbocycles. The molecule has 0 fully saturated rings. The van der Waals surface area contributed by atoms with Gasteiger partial charge in [0.05, 0.1) is 20.6 Å². The lowest BCUT2D eigenvalue weighted by Gasteiger charge is -2.32. The van der Waals surface area contributed by atoms with Crippen LogP contribution in [0.3, 0.4) is 0 Å². The summed E-state index contributed by atoms with van der Waals surface area (Å²) in [6.07, 6.45) is 4.19. The Balaban J connectivity index is 4.89. The Morgan fingerprint density at radius 3 is 2.07 bits per heavy atom. The minimum Gasteiger partial charge on any atom is -0.469 e. The van der Waals surface area contributed by atoms with Gasteiger partial charge in [-0.05, 0) is 31.6 Å². The van der Waals surface area contributed by atoms with Crippen LogP contribution >= 0.6 is 0 Å². The smallest absolute Gasteiger partial charge is 0.307 e. The summed E-state index contributed by atoms with van der Waals surface area (Å²) in [7, 11) is 2.67. The van der Waals surface area contributed by atoms with E-state index in [1.807, 2.05) is 20.8 Å². The first-order valence-electron chi connectivity index (χ1n) is 10.5. The molecule has 0 aromatic carbocycles. The lowest BCUT2D eigenvalue weighted by molar-refractivity contribution is -0.145. The van der Waals surface area contributed by atoms with Crippen LogP contribution in [0.25, 0.3) is 0 Å².